The van der Waals surface area contributed by atoms with Crippen LogP contribution in [0.4, 0.5) is 18.9 Å². The maximum atomic E-state index is 12.7. The third-order valence-corrected chi connectivity index (χ3v) is 3.51. The first kappa shape index (κ1) is 14.9. The predicted molar refractivity (Wildman–Crippen MR) is 71.6 cm³/mol. The lowest BCUT2D eigenvalue weighted by atomic mass is 9.93. The molecule has 1 aromatic carbocycles. The van der Waals surface area contributed by atoms with E-state index in [1.165, 1.54) is 6.07 Å². The Morgan fingerprint density at radius 1 is 1.30 bits per heavy atom. The number of carbonyl (C=O) groups is 1. The number of anilines is 1. The van der Waals surface area contributed by atoms with E-state index in [1.807, 2.05) is 12.2 Å². The average molecular weight is 304 g/mol. The van der Waals surface area contributed by atoms with E-state index in [4.69, 9.17) is 11.6 Å². The molecule has 0 aliphatic heterocycles. The van der Waals surface area contributed by atoms with Crippen LogP contribution in [-0.4, -0.2) is 5.91 Å². The normalized spacial score (nSPS) is 18.9. The van der Waals surface area contributed by atoms with Crippen molar-refractivity contribution in [1.29, 1.82) is 0 Å². The van der Waals surface area contributed by atoms with Crippen LogP contribution >= 0.6 is 11.6 Å². The Labute approximate surface area is 119 Å². The molecule has 1 aromatic rings. The van der Waals surface area contributed by atoms with Crippen LogP contribution in [0.15, 0.2) is 30.4 Å². The summed E-state index contributed by atoms with van der Waals surface area (Å²) in [4.78, 5) is 12.0. The summed E-state index contributed by atoms with van der Waals surface area (Å²) in [6.45, 7) is 0. The van der Waals surface area contributed by atoms with Crippen LogP contribution < -0.4 is 5.32 Å². The molecule has 2 nitrogen and oxygen atoms in total. The Kier molecular flexibility index (Phi) is 4.38. The van der Waals surface area contributed by atoms with Crippen LogP contribution in [0.25, 0.3) is 0 Å². The lowest BCUT2D eigenvalue weighted by molar-refractivity contribution is -0.137. The van der Waals surface area contributed by atoms with Gasteiger partial charge in [0.05, 0.1) is 10.6 Å². The molecule has 1 amide bonds. The second kappa shape index (κ2) is 5.87. The molecular formula is C14H13ClF3NO. The molecule has 0 saturated heterocycles. The topological polar surface area (TPSA) is 29.1 Å². The Bertz CT molecular complexity index is 540. The molecule has 0 radical (unpaired) electrons. The van der Waals surface area contributed by atoms with Gasteiger partial charge < -0.3 is 5.32 Å². The first-order valence-electron chi connectivity index (χ1n) is 6.20. The minimum Gasteiger partial charge on any atom is -0.326 e. The van der Waals surface area contributed by atoms with E-state index in [0.717, 1.165) is 18.6 Å². The fourth-order valence-electron chi connectivity index (χ4n) is 2.10. The van der Waals surface area contributed by atoms with E-state index in [-0.39, 0.29) is 22.5 Å². The lowest BCUT2D eigenvalue weighted by Crippen LogP contribution is -2.23. The molecule has 20 heavy (non-hydrogen) atoms. The van der Waals surface area contributed by atoms with Crippen LogP contribution in [-0.2, 0) is 11.0 Å². The van der Waals surface area contributed by atoms with Crippen LogP contribution in [0.3, 0.4) is 0 Å². The van der Waals surface area contributed by atoms with Gasteiger partial charge in [-0.15, -0.1) is 0 Å². The van der Waals surface area contributed by atoms with Gasteiger partial charge in [-0.2, -0.15) is 13.2 Å². The number of rotatable bonds is 2. The Morgan fingerprint density at radius 2 is 2.05 bits per heavy atom. The predicted octanol–water partition coefficient (Wildman–Crippen LogP) is 4.65. The van der Waals surface area contributed by atoms with Gasteiger partial charge in [-0.05, 0) is 37.5 Å². The van der Waals surface area contributed by atoms with Crippen LogP contribution in [0.1, 0.15) is 24.8 Å². The molecule has 6 heteroatoms. The van der Waals surface area contributed by atoms with Gasteiger partial charge >= 0.3 is 6.18 Å². The van der Waals surface area contributed by atoms with Gasteiger partial charge in [0.1, 0.15) is 0 Å². The number of benzene rings is 1. The van der Waals surface area contributed by atoms with Crippen LogP contribution in [0.2, 0.25) is 5.02 Å². The van der Waals surface area contributed by atoms with Crippen molar-refractivity contribution >= 4 is 23.2 Å². The maximum Gasteiger partial charge on any atom is 0.417 e. The van der Waals surface area contributed by atoms with Crippen molar-refractivity contribution in [2.24, 2.45) is 5.92 Å². The summed E-state index contributed by atoms with van der Waals surface area (Å²) in [6.07, 6.45) is 1.51. The molecule has 0 heterocycles. The molecule has 0 spiro atoms. The fraction of sp³-hybridized carbons (Fsp3) is 0.357. The molecule has 0 bridgehead atoms. The van der Waals surface area contributed by atoms with E-state index in [0.29, 0.717) is 12.8 Å². The van der Waals surface area contributed by atoms with Crippen molar-refractivity contribution in [3.8, 4) is 0 Å². The summed E-state index contributed by atoms with van der Waals surface area (Å²) in [5.74, 6) is -0.449. The van der Waals surface area contributed by atoms with Crippen molar-refractivity contribution < 1.29 is 18.0 Å². The largest absolute Gasteiger partial charge is 0.417 e. The summed E-state index contributed by atoms with van der Waals surface area (Å²) in [6, 6.07) is 3.37. The number of amides is 1. The third kappa shape index (κ3) is 3.54. The molecule has 2 rings (SSSR count). The average Bonchev–Trinajstić information content (AvgIpc) is 2.40. The lowest BCUT2D eigenvalue weighted by Gasteiger charge is -2.18. The number of nitrogens with one attached hydrogen (secondary N) is 1. The summed E-state index contributed by atoms with van der Waals surface area (Å²) in [5.41, 5.74) is -0.832. The van der Waals surface area contributed by atoms with Gasteiger partial charge in [0.25, 0.3) is 0 Å². The molecule has 0 fully saturated rings. The Morgan fingerprint density at radius 3 is 2.65 bits per heavy atom. The quantitative estimate of drug-likeness (QED) is 0.791. The van der Waals surface area contributed by atoms with E-state index >= 15 is 0 Å². The molecular weight excluding hydrogens is 291 g/mol. The molecule has 0 saturated carbocycles. The van der Waals surface area contributed by atoms with Crippen molar-refractivity contribution in [3.05, 3.63) is 40.9 Å². The number of hydrogen-bond acceptors (Lipinski definition) is 1. The summed E-state index contributed by atoms with van der Waals surface area (Å²) >= 11 is 5.52. The number of carbonyl (C=O) groups excluding carboxylic acids is 1. The molecule has 1 N–H and O–H groups in total. The van der Waals surface area contributed by atoms with Crippen molar-refractivity contribution in [2.75, 3.05) is 5.32 Å². The zero-order chi connectivity index (χ0) is 14.8. The molecule has 1 aliphatic rings. The Hall–Kier alpha value is -1.49. The van der Waals surface area contributed by atoms with E-state index in [2.05, 4.69) is 5.32 Å². The Balaban J connectivity index is 2.13. The number of alkyl halides is 3. The van der Waals surface area contributed by atoms with Gasteiger partial charge in [0.15, 0.2) is 0 Å². The van der Waals surface area contributed by atoms with Crippen LogP contribution in [0.5, 0.6) is 0 Å². The molecule has 1 unspecified atom stereocenters. The van der Waals surface area contributed by atoms with Crippen molar-refractivity contribution in [2.45, 2.75) is 25.4 Å². The fourth-order valence-corrected chi connectivity index (χ4v) is 2.32. The zero-order valence-electron chi connectivity index (χ0n) is 10.5. The highest BCUT2D eigenvalue weighted by Crippen LogP contribution is 2.36. The smallest absolute Gasteiger partial charge is 0.326 e. The molecule has 0 aromatic heterocycles. The molecule has 108 valence electrons. The SMILES string of the molecule is O=C(Nc1ccc(Cl)c(C(F)(F)F)c1)C1CC=CCC1. The highest BCUT2D eigenvalue weighted by atomic mass is 35.5. The van der Waals surface area contributed by atoms with Gasteiger partial charge in [-0.25, -0.2) is 0 Å². The third-order valence-electron chi connectivity index (χ3n) is 3.18. The summed E-state index contributed by atoms with van der Waals surface area (Å²) in [7, 11) is 0. The second-order valence-corrected chi connectivity index (χ2v) is 5.07. The number of hydrogen-bond donors (Lipinski definition) is 1. The van der Waals surface area contributed by atoms with Crippen molar-refractivity contribution in [3.63, 3.8) is 0 Å². The van der Waals surface area contributed by atoms with E-state index < -0.39 is 11.7 Å². The first-order valence-corrected chi connectivity index (χ1v) is 6.58. The molecule has 1 atom stereocenters. The van der Waals surface area contributed by atoms with Crippen molar-refractivity contribution in [1.82, 2.24) is 0 Å². The highest BCUT2D eigenvalue weighted by molar-refractivity contribution is 6.31. The highest BCUT2D eigenvalue weighted by Gasteiger charge is 2.33. The van der Waals surface area contributed by atoms with Gasteiger partial charge in [-0.1, -0.05) is 23.8 Å². The number of allylic oxidation sites excluding steroid dienone is 2. The standard InChI is InChI=1S/C14H13ClF3NO/c15-12-7-6-10(8-11(12)14(16,17)18)19-13(20)9-4-2-1-3-5-9/h1-2,6-9H,3-5H2,(H,19,20). The minimum atomic E-state index is -4.54. The summed E-state index contributed by atoms with van der Waals surface area (Å²) in [5, 5.41) is 2.14. The van der Waals surface area contributed by atoms with Gasteiger partial charge in [0, 0.05) is 11.6 Å². The summed E-state index contributed by atoms with van der Waals surface area (Å²) < 4.78 is 38.1. The first-order chi connectivity index (χ1) is 9.38. The minimum absolute atomic E-state index is 0.112. The number of halogens is 4. The van der Waals surface area contributed by atoms with E-state index in [1.54, 1.807) is 0 Å². The van der Waals surface area contributed by atoms with Gasteiger partial charge in [0.2, 0.25) is 5.91 Å². The maximum absolute atomic E-state index is 12.7. The van der Waals surface area contributed by atoms with Crippen LogP contribution in [0, 0.1) is 5.92 Å². The van der Waals surface area contributed by atoms with E-state index in [9.17, 15) is 18.0 Å². The monoisotopic (exact) mass is 303 g/mol. The zero-order valence-corrected chi connectivity index (χ0v) is 11.3. The van der Waals surface area contributed by atoms with Gasteiger partial charge in [-0.3, -0.25) is 4.79 Å². The second-order valence-electron chi connectivity index (χ2n) is 4.66. The molecule has 1 aliphatic carbocycles.